The van der Waals surface area contributed by atoms with Crippen LogP contribution < -0.4 is 10.0 Å². The standard InChI is InChI=1S/C12H19N3O4S.ClH/c1-3-10-5-6-11(15(16)17)9-12(10)20(18,19)14-8-7-13-4-2;/h5-6,9,13-14H,3-4,7-8H2,1-2H3;1H. The van der Waals surface area contributed by atoms with E-state index in [2.05, 4.69) is 10.0 Å². The maximum absolute atomic E-state index is 12.2. The quantitative estimate of drug-likeness (QED) is 0.425. The summed E-state index contributed by atoms with van der Waals surface area (Å²) in [5.74, 6) is 0. The zero-order valence-electron chi connectivity index (χ0n) is 12.0. The van der Waals surface area contributed by atoms with E-state index in [-0.39, 0.29) is 29.5 Å². The Kier molecular flexibility index (Phi) is 8.41. The topological polar surface area (TPSA) is 101 Å². The van der Waals surface area contributed by atoms with Crippen molar-refractivity contribution in [3.05, 3.63) is 33.9 Å². The van der Waals surface area contributed by atoms with Gasteiger partial charge in [0.15, 0.2) is 0 Å². The van der Waals surface area contributed by atoms with Crippen LogP contribution in [0.5, 0.6) is 0 Å². The summed E-state index contributed by atoms with van der Waals surface area (Å²) in [4.78, 5) is 10.1. The third kappa shape index (κ3) is 5.58. The molecule has 0 aliphatic carbocycles. The number of nitrogens with zero attached hydrogens (tertiary/aromatic N) is 1. The fourth-order valence-corrected chi connectivity index (χ4v) is 3.09. The molecule has 0 aliphatic rings. The van der Waals surface area contributed by atoms with E-state index in [0.717, 1.165) is 12.6 Å². The monoisotopic (exact) mass is 337 g/mol. The summed E-state index contributed by atoms with van der Waals surface area (Å²) >= 11 is 0. The molecule has 120 valence electrons. The van der Waals surface area contributed by atoms with E-state index >= 15 is 0 Å². The molecule has 1 rings (SSSR count). The summed E-state index contributed by atoms with van der Waals surface area (Å²) in [5.41, 5.74) is 0.334. The van der Waals surface area contributed by atoms with Gasteiger partial charge in [0, 0.05) is 25.2 Å². The predicted molar refractivity (Wildman–Crippen MR) is 83.5 cm³/mol. The highest BCUT2D eigenvalue weighted by molar-refractivity contribution is 7.89. The van der Waals surface area contributed by atoms with E-state index in [0.29, 0.717) is 18.5 Å². The molecule has 0 aliphatic heterocycles. The summed E-state index contributed by atoms with van der Waals surface area (Å²) in [5, 5.41) is 13.8. The van der Waals surface area contributed by atoms with Crippen LogP contribution in [0, 0.1) is 10.1 Å². The summed E-state index contributed by atoms with van der Waals surface area (Å²) in [6.07, 6.45) is 0.488. The van der Waals surface area contributed by atoms with Crippen LogP contribution in [0.3, 0.4) is 0 Å². The maximum atomic E-state index is 12.2. The zero-order chi connectivity index (χ0) is 15.2. The number of nitro benzene ring substituents is 1. The molecule has 2 N–H and O–H groups in total. The number of hydrogen-bond donors (Lipinski definition) is 2. The number of hydrogen-bond acceptors (Lipinski definition) is 5. The molecule has 9 heteroatoms. The van der Waals surface area contributed by atoms with Crippen molar-refractivity contribution in [2.45, 2.75) is 25.2 Å². The molecule has 1 aromatic carbocycles. The molecule has 0 radical (unpaired) electrons. The minimum Gasteiger partial charge on any atom is -0.316 e. The summed E-state index contributed by atoms with van der Waals surface area (Å²) < 4.78 is 26.8. The van der Waals surface area contributed by atoms with Crippen molar-refractivity contribution < 1.29 is 13.3 Å². The SMILES string of the molecule is CCNCCNS(=O)(=O)c1cc([N+](=O)[O-])ccc1CC.Cl. The average molecular weight is 338 g/mol. The van der Waals surface area contributed by atoms with E-state index in [1.165, 1.54) is 12.1 Å². The van der Waals surface area contributed by atoms with Crippen LogP contribution in [-0.2, 0) is 16.4 Å². The Bertz CT molecular complexity index is 578. The molecule has 0 bridgehead atoms. The van der Waals surface area contributed by atoms with Crippen molar-refractivity contribution in [1.29, 1.82) is 0 Å². The maximum Gasteiger partial charge on any atom is 0.270 e. The van der Waals surface area contributed by atoms with E-state index < -0.39 is 14.9 Å². The molecule has 0 amide bonds. The molecule has 1 aromatic rings. The van der Waals surface area contributed by atoms with Crippen molar-refractivity contribution in [3.8, 4) is 0 Å². The molecule has 0 fully saturated rings. The van der Waals surface area contributed by atoms with E-state index in [1.54, 1.807) is 6.92 Å². The molecule has 0 heterocycles. The minimum atomic E-state index is -3.73. The summed E-state index contributed by atoms with van der Waals surface area (Å²) in [6.45, 7) is 5.22. The third-order valence-corrected chi connectivity index (χ3v) is 4.32. The van der Waals surface area contributed by atoms with Crippen molar-refractivity contribution in [2.75, 3.05) is 19.6 Å². The number of nitrogens with one attached hydrogen (secondary N) is 2. The van der Waals surface area contributed by atoms with E-state index in [9.17, 15) is 18.5 Å². The lowest BCUT2D eigenvalue weighted by atomic mass is 10.1. The first-order valence-corrected chi connectivity index (χ1v) is 7.88. The van der Waals surface area contributed by atoms with Gasteiger partial charge >= 0.3 is 0 Å². The second kappa shape index (κ2) is 8.93. The number of benzene rings is 1. The van der Waals surface area contributed by atoms with Crippen LogP contribution in [0.1, 0.15) is 19.4 Å². The van der Waals surface area contributed by atoms with Crippen LogP contribution in [0.15, 0.2) is 23.1 Å². The first-order valence-electron chi connectivity index (χ1n) is 6.40. The molecule has 0 atom stereocenters. The fourth-order valence-electron chi connectivity index (χ4n) is 1.73. The lowest BCUT2D eigenvalue weighted by Crippen LogP contribution is -2.32. The Balaban J connectivity index is 0.00000400. The Hall–Kier alpha value is -1.22. The highest BCUT2D eigenvalue weighted by Gasteiger charge is 2.20. The normalized spacial score (nSPS) is 11.0. The fraction of sp³-hybridized carbons (Fsp3) is 0.500. The van der Waals surface area contributed by atoms with Crippen LogP contribution in [0.2, 0.25) is 0 Å². The number of aryl methyl sites for hydroxylation is 1. The van der Waals surface area contributed by atoms with Crippen molar-refractivity contribution in [2.24, 2.45) is 0 Å². The smallest absolute Gasteiger partial charge is 0.270 e. The molecule has 0 saturated carbocycles. The minimum absolute atomic E-state index is 0. The van der Waals surface area contributed by atoms with Gasteiger partial charge in [0.05, 0.1) is 9.82 Å². The lowest BCUT2D eigenvalue weighted by molar-refractivity contribution is -0.385. The number of nitro groups is 1. The Morgan fingerprint density at radius 2 is 1.90 bits per heavy atom. The molecular formula is C12H20ClN3O4S. The Labute approximate surface area is 130 Å². The first kappa shape index (κ1) is 19.8. The molecule has 0 spiro atoms. The number of sulfonamides is 1. The zero-order valence-corrected chi connectivity index (χ0v) is 13.6. The van der Waals surface area contributed by atoms with E-state index in [1.807, 2.05) is 6.92 Å². The second-order valence-corrected chi connectivity index (χ2v) is 5.89. The van der Waals surface area contributed by atoms with Gasteiger partial charge in [0.2, 0.25) is 10.0 Å². The lowest BCUT2D eigenvalue weighted by Gasteiger charge is -2.10. The Morgan fingerprint density at radius 1 is 1.24 bits per heavy atom. The van der Waals surface area contributed by atoms with E-state index in [4.69, 9.17) is 0 Å². The van der Waals surface area contributed by atoms with Gasteiger partial charge in [-0.1, -0.05) is 19.9 Å². The summed E-state index contributed by atoms with van der Waals surface area (Å²) in [6, 6.07) is 3.90. The van der Waals surface area contributed by atoms with Crippen LogP contribution in [-0.4, -0.2) is 33.0 Å². The largest absolute Gasteiger partial charge is 0.316 e. The molecule has 0 unspecified atom stereocenters. The first-order chi connectivity index (χ1) is 9.42. The number of rotatable bonds is 8. The van der Waals surface area contributed by atoms with Gasteiger partial charge in [-0.15, -0.1) is 12.4 Å². The van der Waals surface area contributed by atoms with Crippen LogP contribution in [0.25, 0.3) is 0 Å². The van der Waals surface area contributed by atoms with Gasteiger partial charge in [-0.2, -0.15) is 0 Å². The number of halogens is 1. The van der Waals surface area contributed by atoms with Crippen molar-refractivity contribution >= 4 is 28.1 Å². The Morgan fingerprint density at radius 3 is 2.43 bits per heavy atom. The van der Waals surface area contributed by atoms with Crippen LogP contribution >= 0.6 is 12.4 Å². The second-order valence-electron chi connectivity index (χ2n) is 4.15. The molecule has 0 saturated heterocycles. The highest BCUT2D eigenvalue weighted by Crippen LogP contribution is 2.22. The van der Waals surface area contributed by atoms with Gasteiger partial charge in [-0.05, 0) is 18.5 Å². The third-order valence-electron chi connectivity index (χ3n) is 2.78. The van der Waals surface area contributed by atoms with Crippen LogP contribution in [0.4, 0.5) is 5.69 Å². The highest BCUT2D eigenvalue weighted by atomic mass is 35.5. The number of non-ortho nitro benzene ring substituents is 1. The van der Waals surface area contributed by atoms with Gasteiger partial charge in [0.25, 0.3) is 5.69 Å². The number of likely N-dealkylation sites (N-methyl/N-ethyl adjacent to an activating group) is 1. The van der Waals surface area contributed by atoms with Gasteiger partial charge in [-0.25, -0.2) is 13.1 Å². The van der Waals surface area contributed by atoms with Gasteiger partial charge < -0.3 is 5.32 Å². The average Bonchev–Trinajstić information content (AvgIpc) is 2.42. The molecular weight excluding hydrogens is 318 g/mol. The van der Waals surface area contributed by atoms with Gasteiger partial charge in [-0.3, -0.25) is 10.1 Å². The molecule has 0 aromatic heterocycles. The predicted octanol–water partition coefficient (Wildman–Crippen LogP) is 1.47. The van der Waals surface area contributed by atoms with Gasteiger partial charge in [0.1, 0.15) is 0 Å². The van der Waals surface area contributed by atoms with Crippen molar-refractivity contribution in [1.82, 2.24) is 10.0 Å². The summed E-state index contributed by atoms with van der Waals surface area (Å²) in [7, 11) is -3.73. The molecule has 21 heavy (non-hydrogen) atoms. The molecule has 7 nitrogen and oxygen atoms in total. The van der Waals surface area contributed by atoms with Crippen molar-refractivity contribution in [3.63, 3.8) is 0 Å².